The van der Waals surface area contributed by atoms with Crippen molar-refractivity contribution in [3.05, 3.63) is 173 Å². The van der Waals surface area contributed by atoms with Crippen molar-refractivity contribution in [2.24, 2.45) is 28.6 Å². The zero-order chi connectivity index (χ0) is 42.5. The standard InChI is InChI=1S/C27H30Cl2O6.C22H17ClN2/c1-15-11-19-18-7-6-16-12-17(30)8-9-24(16,2)26(18,29)21(31)13-25(19,3)27(15,22(32)14-28)35-23(33)20-5-4-10-34-20;23-21-14-8-7-13-20(21)22(25-16-15-24-17-25,18-9-3-1-4-10-18)19-11-5-2-6-12-19/h4-5,8-10,12,15,18-19,21,31H,6-7,11,13-14H2,1-3H3;1-17H/t15-,18+,19+,21+,24+,25+,26+,27+;/m1./s1. The van der Waals surface area contributed by atoms with Gasteiger partial charge < -0.3 is 18.8 Å². The molecule has 2 aromatic heterocycles. The highest BCUT2D eigenvalue weighted by Crippen LogP contribution is 2.72. The minimum atomic E-state index is -1.53. The number of ether oxygens (including phenoxy) is 1. The van der Waals surface area contributed by atoms with Crippen LogP contribution in [0.5, 0.6) is 0 Å². The van der Waals surface area contributed by atoms with Gasteiger partial charge in [0.2, 0.25) is 5.76 Å². The van der Waals surface area contributed by atoms with Crippen molar-refractivity contribution in [2.45, 2.75) is 68.6 Å². The third kappa shape index (κ3) is 6.20. The predicted octanol–water partition coefficient (Wildman–Crippen LogP) is 10.2. The lowest BCUT2D eigenvalue weighted by Gasteiger charge is -2.64. The summed E-state index contributed by atoms with van der Waals surface area (Å²) in [6.07, 6.45) is 13.1. The number of aliphatic hydroxyl groups excluding tert-OH is 1. The van der Waals surface area contributed by atoms with Crippen LogP contribution < -0.4 is 0 Å². The maximum absolute atomic E-state index is 13.6. The van der Waals surface area contributed by atoms with Crippen molar-refractivity contribution in [2.75, 3.05) is 5.88 Å². The zero-order valence-corrected chi connectivity index (χ0v) is 35.9. The number of furan rings is 1. The summed E-state index contributed by atoms with van der Waals surface area (Å²) in [6.45, 7) is 5.81. The number of hydrogen-bond donors (Lipinski definition) is 1. The molecular weight excluding hydrogens is 819 g/mol. The van der Waals surface area contributed by atoms with E-state index < -0.39 is 38.9 Å². The number of hydrogen-bond acceptors (Lipinski definition) is 7. The Bertz CT molecular complexity index is 2400. The molecule has 8 nitrogen and oxygen atoms in total. The molecule has 11 heteroatoms. The fourth-order valence-corrected chi connectivity index (χ4v) is 12.6. The highest BCUT2D eigenvalue weighted by molar-refractivity contribution is 6.31. The van der Waals surface area contributed by atoms with Gasteiger partial charge in [-0.25, -0.2) is 9.78 Å². The number of imidazole rings is 1. The largest absolute Gasteiger partial charge is 0.457 e. The molecule has 60 heavy (non-hydrogen) atoms. The van der Waals surface area contributed by atoms with E-state index in [0.717, 1.165) is 27.3 Å². The fourth-order valence-electron chi connectivity index (χ4n) is 11.6. The monoisotopic (exact) mass is 864 g/mol. The number of fused-ring (bicyclic) bond motifs is 5. The van der Waals surface area contributed by atoms with E-state index in [0.29, 0.717) is 19.3 Å². The van der Waals surface area contributed by atoms with Gasteiger partial charge in [0.25, 0.3) is 0 Å². The molecule has 0 amide bonds. The topological polar surface area (TPSA) is 112 Å². The lowest BCUT2D eigenvalue weighted by Crippen LogP contribution is -2.69. The van der Waals surface area contributed by atoms with Crippen LogP contribution in [0.15, 0.2) is 150 Å². The lowest BCUT2D eigenvalue weighted by molar-refractivity contribution is -0.177. The molecule has 2 heterocycles. The van der Waals surface area contributed by atoms with Crippen LogP contribution in [-0.4, -0.2) is 54.7 Å². The Kier molecular flexibility index (Phi) is 11.2. The molecule has 5 aromatic rings. The fraction of sp³-hybridized carbons (Fsp3) is 0.347. The van der Waals surface area contributed by atoms with Gasteiger partial charge in [-0.3, -0.25) is 9.59 Å². The van der Waals surface area contributed by atoms with E-state index in [4.69, 9.17) is 44.0 Å². The molecule has 3 fully saturated rings. The van der Waals surface area contributed by atoms with E-state index in [-0.39, 0.29) is 47.4 Å². The van der Waals surface area contributed by atoms with Crippen molar-refractivity contribution in [1.82, 2.24) is 9.55 Å². The second kappa shape index (κ2) is 15.9. The van der Waals surface area contributed by atoms with E-state index in [9.17, 15) is 19.5 Å². The molecule has 0 radical (unpaired) electrons. The van der Waals surface area contributed by atoms with Gasteiger partial charge in [-0.2, -0.15) is 0 Å². The first-order valence-electron chi connectivity index (χ1n) is 20.3. The number of Topliss-reactive ketones (excluding diaryl/α,β-unsaturated/α-hetero) is 1. The number of benzene rings is 3. The first kappa shape index (κ1) is 42.0. The molecule has 4 aliphatic carbocycles. The first-order valence-corrected chi connectivity index (χ1v) is 21.6. The number of carbonyl (C=O) groups is 3. The number of carbonyl (C=O) groups excluding carboxylic acids is 3. The third-order valence-corrected chi connectivity index (χ3v) is 15.7. The molecule has 9 rings (SSSR count). The maximum atomic E-state index is 13.6. The summed E-state index contributed by atoms with van der Waals surface area (Å²) in [7, 11) is 0. The van der Waals surface area contributed by atoms with Crippen LogP contribution in [0.25, 0.3) is 0 Å². The average Bonchev–Trinajstić information content (AvgIpc) is 4.04. The number of allylic oxidation sites excluding steroid dienone is 4. The normalized spacial score (nSPS) is 30.5. The Morgan fingerprint density at radius 3 is 2.23 bits per heavy atom. The zero-order valence-electron chi connectivity index (χ0n) is 33.6. The summed E-state index contributed by atoms with van der Waals surface area (Å²) in [4.78, 5) is 42.0. The number of alkyl halides is 2. The Hall–Kier alpha value is -4.73. The predicted molar refractivity (Wildman–Crippen MR) is 232 cm³/mol. The Labute approximate surface area is 365 Å². The van der Waals surface area contributed by atoms with E-state index >= 15 is 0 Å². The molecular formula is C49H47Cl3N2O6. The van der Waals surface area contributed by atoms with Crippen LogP contribution in [0, 0.1) is 28.6 Å². The number of aliphatic hydroxyl groups is 1. The summed E-state index contributed by atoms with van der Waals surface area (Å²) in [5, 5.41) is 12.5. The Balaban J connectivity index is 0.000000176. The number of esters is 1. The molecule has 0 spiro atoms. The molecule has 0 aliphatic heterocycles. The van der Waals surface area contributed by atoms with Crippen molar-refractivity contribution in [3.8, 4) is 0 Å². The van der Waals surface area contributed by atoms with Crippen molar-refractivity contribution in [1.29, 1.82) is 0 Å². The van der Waals surface area contributed by atoms with Crippen LogP contribution in [0.2, 0.25) is 5.02 Å². The van der Waals surface area contributed by atoms with Crippen LogP contribution in [0.1, 0.15) is 73.7 Å². The van der Waals surface area contributed by atoms with E-state index in [1.807, 2.05) is 69.7 Å². The van der Waals surface area contributed by atoms with Gasteiger partial charge in [0.05, 0.1) is 29.4 Å². The van der Waals surface area contributed by atoms with Gasteiger partial charge >= 0.3 is 5.97 Å². The van der Waals surface area contributed by atoms with Crippen molar-refractivity contribution < 1.29 is 28.6 Å². The van der Waals surface area contributed by atoms with Gasteiger partial charge in [0.1, 0.15) is 5.54 Å². The molecule has 310 valence electrons. The summed E-state index contributed by atoms with van der Waals surface area (Å²) in [6, 6.07) is 31.9. The lowest BCUT2D eigenvalue weighted by atomic mass is 9.45. The van der Waals surface area contributed by atoms with Crippen LogP contribution >= 0.6 is 34.8 Å². The summed E-state index contributed by atoms with van der Waals surface area (Å²) < 4.78 is 13.5. The van der Waals surface area contributed by atoms with E-state index in [1.54, 1.807) is 18.3 Å². The second-order valence-electron chi connectivity index (χ2n) is 17.0. The van der Waals surface area contributed by atoms with Gasteiger partial charge in [0.15, 0.2) is 17.2 Å². The third-order valence-electron chi connectivity index (χ3n) is 14.2. The molecule has 3 aromatic carbocycles. The van der Waals surface area contributed by atoms with Gasteiger partial charge in [-0.1, -0.05) is 123 Å². The minimum Gasteiger partial charge on any atom is -0.457 e. The van der Waals surface area contributed by atoms with Gasteiger partial charge in [0, 0.05) is 39.7 Å². The quantitative estimate of drug-likeness (QED) is 0.0939. The van der Waals surface area contributed by atoms with E-state index in [2.05, 4.69) is 64.1 Å². The SMILES string of the molecule is C[C@@H]1C[C@H]2[C@@H]3CCC4=CC(=O)C=C[C@]4(C)[C@@]3(Cl)[C@@H](O)C[C@]2(C)[C@@]1(OC(=O)c1ccco1)C(=O)CCl.Clc1ccccc1C(c1ccccc1)(c1ccccc1)n1ccnc1. The van der Waals surface area contributed by atoms with E-state index in [1.165, 1.54) is 18.4 Å². The maximum Gasteiger partial charge on any atom is 0.375 e. The number of nitrogens with zero attached hydrogens (tertiary/aromatic N) is 2. The molecule has 3 saturated carbocycles. The van der Waals surface area contributed by atoms with Gasteiger partial charge in [-0.15, -0.1) is 23.2 Å². The summed E-state index contributed by atoms with van der Waals surface area (Å²) in [5.74, 6) is -2.12. The minimum absolute atomic E-state index is 0.00557. The molecule has 1 N–H and O–H groups in total. The molecule has 8 atom stereocenters. The molecule has 0 unspecified atom stereocenters. The summed E-state index contributed by atoms with van der Waals surface area (Å²) >= 11 is 20.3. The second-order valence-corrected chi connectivity index (χ2v) is 18.3. The van der Waals surface area contributed by atoms with Crippen molar-refractivity contribution in [3.63, 3.8) is 0 Å². The first-order chi connectivity index (χ1) is 28.8. The number of ketones is 2. The average molecular weight is 866 g/mol. The molecule has 0 bridgehead atoms. The number of halogens is 3. The molecule has 0 saturated heterocycles. The summed E-state index contributed by atoms with van der Waals surface area (Å²) in [5.41, 5.74) is 0.496. The number of rotatable bonds is 8. The van der Waals surface area contributed by atoms with Gasteiger partial charge in [-0.05, 0) is 79.0 Å². The molecule has 4 aliphatic rings. The Morgan fingerprint density at radius 2 is 1.63 bits per heavy atom. The smallest absolute Gasteiger partial charge is 0.375 e. The number of aromatic nitrogens is 2. The van der Waals surface area contributed by atoms with Crippen LogP contribution in [0.3, 0.4) is 0 Å². The highest BCUT2D eigenvalue weighted by Gasteiger charge is 2.76. The Morgan fingerprint density at radius 1 is 0.967 bits per heavy atom. The van der Waals surface area contributed by atoms with Crippen LogP contribution in [0.4, 0.5) is 0 Å². The highest BCUT2D eigenvalue weighted by atomic mass is 35.5. The van der Waals surface area contributed by atoms with Crippen molar-refractivity contribution >= 4 is 52.3 Å². The van der Waals surface area contributed by atoms with Crippen LogP contribution in [-0.2, 0) is 19.9 Å².